The summed E-state index contributed by atoms with van der Waals surface area (Å²) in [6, 6.07) is 0.568. The van der Waals surface area contributed by atoms with Gasteiger partial charge in [-0.15, -0.1) is 0 Å². The lowest BCUT2D eigenvalue weighted by Gasteiger charge is -2.28. The van der Waals surface area contributed by atoms with Gasteiger partial charge in [-0.05, 0) is 32.2 Å². The molecule has 1 saturated heterocycles. The molecule has 0 bridgehead atoms. The molecular weight excluding hydrogens is 202 g/mol. The van der Waals surface area contributed by atoms with Crippen LogP contribution in [0.1, 0.15) is 52.9 Å². The number of nitrogens with zero attached hydrogens (tertiary/aromatic N) is 1. The predicted molar refractivity (Wildman–Crippen MR) is 65.5 cm³/mol. The molecule has 1 N–H and O–H groups in total. The van der Waals surface area contributed by atoms with Gasteiger partial charge in [-0.25, -0.2) is 0 Å². The highest BCUT2D eigenvalue weighted by Crippen LogP contribution is 2.37. The zero-order valence-corrected chi connectivity index (χ0v) is 10.8. The van der Waals surface area contributed by atoms with Crippen molar-refractivity contribution in [2.45, 2.75) is 58.9 Å². The number of carboxylic acids is 1. The average Bonchev–Trinajstić information content (AvgIpc) is 2.66. The Labute approximate surface area is 98.8 Å². The molecule has 1 atom stereocenters. The van der Waals surface area contributed by atoms with Crippen molar-refractivity contribution >= 4 is 5.97 Å². The zero-order chi connectivity index (χ0) is 12.2. The highest BCUT2D eigenvalue weighted by molar-refractivity contribution is 5.75. The van der Waals surface area contributed by atoms with E-state index in [1.807, 2.05) is 0 Å². The predicted octanol–water partition coefficient (Wildman–Crippen LogP) is 2.75. The summed E-state index contributed by atoms with van der Waals surface area (Å²) < 4.78 is 0. The van der Waals surface area contributed by atoms with Gasteiger partial charge < -0.3 is 5.11 Å². The molecule has 0 saturated carbocycles. The van der Waals surface area contributed by atoms with Crippen molar-refractivity contribution in [3.05, 3.63) is 0 Å². The molecule has 0 aromatic rings. The lowest BCUT2D eigenvalue weighted by molar-refractivity contribution is -0.148. The third kappa shape index (κ3) is 2.57. The largest absolute Gasteiger partial charge is 0.481 e. The number of rotatable bonds is 6. The Morgan fingerprint density at radius 2 is 2.00 bits per heavy atom. The van der Waals surface area contributed by atoms with Gasteiger partial charge >= 0.3 is 5.97 Å². The molecule has 0 aromatic carbocycles. The fourth-order valence-electron chi connectivity index (χ4n) is 2.99. The van der Waals surface area contributed by atoms with E-state index in [4.69, 9.17) is 0 Å². The van der Waals surface area contributed by atoms with Gasteiger partial charge in [-0.1, -0.05) is 27.2 Å². The summed E-state index contributed by atoms with van der Waals surface area (Å²) in [6.45, 7) is 8.16. The molecule has 94 valence electrons. The molecule has 0 radical (unpaired) electrons. The van der Waals surface area contributed by atoms with Crippen molar-refractivity contribution < 1.29 is 9.90 Å². The summed E-state index contributed by atoms with van der Waals surface area (Å²) in [7, 11) is 0. The second kappa shape index (κ2) is 5.67. The van der Waals surface area contributed by atoms with Crippen LogP contribution in [0.25, 0.3) is 0 Å². The highest BCUT2D eigenvalue weighted by Gasteiger charge is 2.44. The number of hydrogen-bond donors (Lipinski definition) is 1. The normalized spacial score (nSPS) is 26.5. The van der Waals surface area contributed by atoms with Gasteiger partial charge in [0.1, 0.15) is 0 Å². The molecule has 0 aliphatic carbocycles. The van der Waals surface area contributed by atoms with Gasteiger partial charge in [-0.2, -0.15) is 0 Å². The Balaban J connectivity index is 2.69. The number of carbonyl (C=O) groups is 1. The van der Waals surface area contributed by atoms with Gasteiger partial charge in [0.15, 0.2) is 0 Å². The summed E-state index contributed by atoms with van der Waals surface area (Å²) in [5.41, 5.74) is -0.461. The van der Waals surface area contributed by atoms with E-state index in [0.717, 1.165) is 45.2 Å². The molecule has 1 aliphatic rings. The van der Waals surface area contributed by atoms with Crippen molar-refractivity contribution in [1.82, 2.24) is 4.90 Å². The molecular formula is C13H25NO2. The van der Waals surface area contributed by atoms with E-state index < -0.39 is 11.4 Å². The molecule has 0 amide bonds. The second-order valence-electron chi connectivity index (χ2n) is 5.03. The second-order valence-corrected chi connectivity index (χ2v) is 5.03. The van der Waals surface area contributed by atoms with Crippen LogP contribution in [-0.4, -0.2) is 35.1 Å². The lowest BCUT2D eigenvalue weighted by Crippen LogP contribution is -2.38. The smallest absolute Gasteiger partial charge is 0.310 e. The summed E-state index contributed by atoms with van der Waals surface area (Å²) in [6.07, 6.45) is 4.85. The van der Waals surface area contributed by atoms with E-state index in [0.29, 0.717) is 6.04 Å². The highest BCUT2D eigenvalue weighted by atomic mass is 16.4. The first-order valence-corrected chi connectivity index (χ1v) is 6.57. The Bertz CT molecular complexity index is 238. The number of likely N-dealkylation sites (tertiary alicyclic amines) is 1. The minimum atomic E-state index is -0.595. The molecule has 3 heteroatoms. The minimum Gasteiger partial charge on any atom is -0.481 e. The van der Waals surface area contributed by atoms with Crippen molar-refractivity contribution in [1.29, 1.82) is 0 Å². The van der Waals surface area contributed by atoms with Gasteiger partial charge in [0.2, 0.25) is 0 Å². The van der Waals surface area contributed by atoms with E-state index in [2.05, 4.69) is 25.7 Å². The first kappa shape index (κ1) is 13.5. The van der Waals surface area contributed by atoms with Crippen LogP contribution in [0.5, 0.6) is 0 Å². The lowest BCUT2D eigenvalue weighted by atomic mass is 9.82. The fourth-order valence-corrected chi connectivity index (χ4v) is 2.99. The van der Waals surface area contributed by atoms with Crippen LogP contribution >= 0.6 is 0 Å². The summed E-state index contributed by atoms with van der Waals surface area (Å²) in [5.74, 6) is -0.595. The molecule has 1 fully saturated rings. The van der Waals surface area contributed by atoms with Crippen LogP contribution in [0.4, 0.5) is 0 Å². The summed E-state index contributed by atoms with van der Waals surface area (Å²) in [5, 5.41) is 9.41. The Hall–Kier alpha value is -0.570. The maximum absolute atomic E-state index is 11.4. The Kier molecular flexibility index (Phi) is 4.78. The van der Waals surface area contributed by atoms with Crippen LogP contribution in [-0.2, 0) is 4.79 Å². The number of carboxylic acid groups (broad SMARTS) is 1. The van der Waals surface area contributed by atoms with Crippen LogP contribution in [0.2, 0.25) is 0 Å². The van der Waals surface area contributed by atoms with Gasteiger partial charge in [0, 0.05) is 12.6 Å². The molecule has 16 heavy (non-hydrogen) atoms. The molecule has 0 spiro atoms. The standard InChI is InChI=1S/C13H25NO2/c1-4-7-13(12(15)16)8-9-14(10-13)11(5-2)6-3/h11H,4-10H2,1-3H3,(H,15,16). The van der Waals surface area contributed by atoms with Crippen molar-refractivity contribution in [3.8, 4) is 0 Å². The van der Waals surface area contributed by atoms with E-state index in [1.165, 1.54) is 0 Å². The number of hydrogen-bond acceptors (Lipinski definition) is 2. The van der Waals surface area contributed by atoms with Crippen LogP contribution in [0, 0.1) is 5.41 Å². The third-order valence-corrected chi connectivity index (χ3v) is 4.02. The van der Waals surface area contributed by atoms with Crippen LogP contribution in [0.3, 0.4) is 0 Å². The Morgan fingerprint density at radius 3 is 2.44 bits per heavy atom. The summed E-state index contributed by atoms with van der Waals surface area (Å²) >= 11 is 0. The van der Waals surface area contributed by atoms with E-state index in [1.54, 1.807) is 0 Å². The van der Waals surface area contributed by atoms with Crippen molar-refractivity contribution in [2.75, 3.05) is 13.1 Å². The topological polar surface area (TPSA) is 40.5 Å². The SMILES string of the molecule is CCCC1(C(=O)O)CCN(C(CC)CC)C1. The fraction of sp³-hybridized carbons (Fsp3) is 0.923. The first-order valence-electron chi connectivity index (χ1n) is 6.57. The minimum absolute atomic E-state index is 0.461. The molecule has 1 aliphatic heterocycles. The van der Waals surface area contributed by atoms with Gasteiger partial charge in [0.05, 0.1) is 5.41 Å². The summed E-state index contributed by atoms with van der Waals surface area (Å²) in [4.78, 5) is 13.8. The monoisotopic (exact) mass is 227 g/mol. The zero-order valence-electron chi connectivity index (χ0n) is 10.8. The molecule has 0 aromatic heterocycles. The number of aliphatic carboxylic acids is 1. The van der Waals surface area contributed by atoms with Gasteiger partial charge in [-0.3, -0.25) is 9.69 Å². The average molecular weight is 227 g/mol. The van der Waals surface area contributed by atoms with Crippen LogP contribution in [0.15, 0.2) is 0 Å². The van der Waals surface area contributed by atoms with Crippen LogP contribution < -0.4 is 0 Å². The van der Waals surface area contributed by atoms with Crippen molar-refractivity contribution in [2.24, 2.45) is 5.41 Å². The molecule has 3 nitrogen and oxygen atoms in total. The van der Waals surface area contributed by atoms with Gasteiger partial charge in [0.25, 0.3) is 0 Å². The molecule has 1 heterocycles. The maximum Gasteiger partial charge on any atom is 0.310 e. The van der Waals surface area contributed by atoms with E-state index in [9.17, 15) is 9.90 Å². The Morgan fingerprint density at radius 1 is 1.38 bits per heavy atom. The molecule has 1 rings (SSSR count). The van der Waals surface area contributed by atoms with E-state index >= 15 is 0 Å². The van der Waals surface area contributed by atoms with E-state index in [-0.39, 0.29) is 0 Å². The molecule has 1 unspecified atom stereocenters. The maximum atomic E-state index is 11.4. The quantitative estimate of drug-likeness (QED) is 0.758. The first-order chi connectivity index (χ1) is 7.59. The van der Waals surface area contributed by atoms with Crippen molar-refractivity contribution in [3.63, 3.8) is 0 Å². The third-order valence-electron chi connectivity index (χ3n) is 4.02.